The molecule has 5 heteroatoms. The average molecular weight is 289 g/mol. The van der Waals surface area contributed by atoms with E-state index in [1.54, 1.807) is 24.3 Å². The number of nitrogen functional groups attached to an aromatic ring is 1. The van der Waals surface area contributed by atoms with Gasteiger partial charge in [-0.15, -0.1) is 0 Å². The molecule has 1 amide bonds. The number of nitrogens with zero attached hydrogens (tertiary/aromatic N) is 1. The lowest BCUT2D eigenvalue weighted by atomic mass is 10.1. The molecule has 0 aromatic heterocycles. The summed E-state index contributed by atoms with van der Waals surface area (Å²) in [6.45, 7) is 5.42. The lowest BCUT2D eigenvalue weighted by Gasteiger charge is -2.09. The number of carbonyl (C=O) groups excluding carboxylic acids is 1. The van der Waals surface area contributed by atoms with Crippen molar-refractivity contribution in [2.45, 2.75) is 0 Å². The minimum absolute atomic E-state index is 0.123. The van der Waals surface area contributed by atoms with Crippen LogP contribution in [0.1, 0.15) is 5.56 Å². The number of carbonyl (C=O) groups is 1. The lowest BCUT2D eigenvalue weighted by Crippen LogP contribution is -2.30. The number of rotatable bonds is 8. The Labute approximate surface area is 126 Å². The smallest absolute Gasteiger partial charge is 0.244 e. The summed E-state index contributed by atoms with van der Waals surface area (Å²) in [6, 6.07) is 5.39. The predicted octanol–water partition coefficient (Wildman–Crippen LogP) is 1.52. The Morgan fingerprint density at radius 2 is 2.24 bits per heavy atom. The van der Waals surface area contributed by atoms with Crippen LogP contribution in [0.2, 0.25) is 0 Å². The third kappa shape index (κ3) is 6.63. The Bertz CT molecular complexity index is 510. The van der Waals surface area contributed by atoms with Gasteiger partial charge >= 0.3 is 0 Å². The van der Waals surface area contributed by atoms with E-state index in [0.717, 1.165) is 12.1 Å². The molecule has 0 atom stereocenters. The standard InChI is InChI=1S/C16H23N3O2/c1-4-11-21-15-7-5-13(12-14(15)17)6-8-16(20)18-9-10-19(2)3/h4-8,12H,1,9-11,17H2,2-3H3,(H,18,20)/b8-6-. The summed E-state index contributed by atoms with van der Waals surface area (Å²) in [5.74, 6) is 0.491. The molecule has 0 radical (unpaired) electrons. The molecule has 114 valence electrons. The lowest BCUT2D eigenvalue weighted by molar-refractivity contribution is -0.116. The fourth-order valence-corrected chi connectivity index (χ4v) is 1.58. The van der Waals surface area contributed by atoms with Crippen molar-refractivity contribution >= 4 is 17.7 Å². The maximum atomic E-state index is 11.6. The third-order valence-corrected chi connectivity index (χ3v) is 2.68. The third-order valence-electron chi connectivity index (χ3n) is 2.68. The van der Waals surface area contributed by atoms with Crippen molar-refractivity contribution in [3.05, 3.63) is 42.5 Å². The molecule has 0 aliphatic carbocycles. The highest BCUT2D eigenvalue weighted by Gasteiger charge is 2.00. The van der Waals surface area contributed by atoms with E-state index in [-0.39, 0.29) is 5.91 Å². The van der Waals surface area contributed by atoms with Crippen LogP contribution < -0.4 is 15.8 Å². The number of amides is 1. The molecule has 21 heavy (non-hydrogen) atoms. The number of likely N-dealkylation sites (N-methyl/N-ethyl adjacent to an activating group) is 1. The van der Waals surface area contributed by atoms with Crippen molar-refractivity contribution in [2.24, 2.45) is 0 Å². The second-order valence-electron chi connectivity index (χ2n) is 4.82. The minimum atomic E-state index is -0.123. The van der Waals surface area contributed by atoms with Gasteiger partial charge in [-0.2, -0.15) is 0 Å². The largest absolute Gasteiger partial charge is 0.487 e. The molecular weight excluding hydrogens is 266 g/mol. The molecule has 0 heterocycles. The normalized spacial score (nSPS) is 10.8. The van der Waals surface area contributed by atoms with Crippen LogP contribution in [-0.4, -0.2) is 44.6 Å². The van der Waals surface area contributed by atoms with E-state index >= 15 is 0 Å². The molecule has 0 saturated heterocycles. The van der Waals surface area contributed by atoms with E-state index in [9.17, 15) is 4.79 Å². The maximum Gasteiger partial charge on any atom is 0.244 e. The van der Waals surface area contributed by atoms with Gasteiger partial charge in [0.1, 0.15) is 12.4 Å². The summed E-state index contributed by atoms with van der Waals surface area (Å²) in [4.78, 5) is 13.6. The zero-order valence-electron chi connectivity index (χ0n) is 12.6. The minimum Gasteiger partial charge on any atom is -0.487 e. The quantitative estimate of drug-likeness (QED) is 0.432. The molecule has 0 saturated carbocycles. The predicted molar refractivity (Wildman–Crippen MR) is 87.1 cm³/mol. The van der Waals surface area contributed by atoms with E-state index in [1.165, 1.54) is 6.08 Å². The van der Waals surface area contributed by atoms with E-state index in [4.69, 9.17) is 10.5 Å². The van der Waals surface area contributed by atoms with E-state index in [0.29, 0.717) is 24.6 Å². The monoisotopic (exact) mass is 289 g/mol. The molecule has 0 unspecified atom stereocenters. The van der Waals surface area contributed by atoms with Crippen LogP contribution in [0.25, 0.3) is 6.08 Å². The SMILES string of the molecule is C=CCOc1ccc(/C=C\C(=O)NCCN(C)C)cc1N. The molecule has 1 aromatic carbocycles. The van der Waals surface area contributed by atoms with Gasteiger partial charge in [-0.1, -0.05) is 18.7 Å². The summed E-state index contributed by atoms with van der Waals surface area (Å²) >= 11 is 0. The van der Waals surface area contributed by atoms with Gasteiger partial charge in [0.25, 0.3) is 0 Å². The highest BCUT2D eigenvalue weighted by molar-refractivity contribution is 5.91. The summed E-state index contributed by atoms with van der Waals surface area (Å²) in [6.07, 6.45) is 4.87. The molecule has 0 aliphatic rings. The molecule has 0 bridgehead atoms. The first-order valence-electron chi connectivity index (χ1n) is 6.77. The molecule has 0 fully saturated rings. The molecule has 1 aromatic rings. The van der Waals surface area contributed by atoms with Gasteiger partial charge in [0, 0.05) is 19.2 Å². The zero-order valence-corrected chi connectivity index (χ0v) is 12.6. The topological polar surface area (TPSA) is 67.6 Å². The Morgan fingerprint density at radius 1 is 1.48 bits per heavy atom. The van der Waals surface area contributed by atoms with Crippen molar-refractivity contribution in [2.75, 3.05) is 39.5 Å². The fraction of sp³-hybridized carbons (Fsp3) is 0.312. The summed E-state index contributed by atoms with van der Waals surface area (Å²) in [7, 11) is 3.92. The van der Waals surface area contributed by atoms with Crippen LogP contribution in [0.5, 0.6) is 5.75 Å². The highest BCUT2D eigenvalue weighted by atomic mass is 16.5. The van der Waals surface area contributed by atoms with Crippen LogP contribution in [0.4, 0.5) is 5.69 Å². The van der Waals surface area contributed by atoms with Crippen LogP contribution >= 0.6 is 0 Å². The van der Waals surface area contributed by atoms with Gasteiger partial charge in [0.2, 0.25) is 5.91 Å². The van der Waals surface area contributed by atoms with Gasteiger partial charge in [-0.25, -0.2) is 0 Å². The summed E-state index contributed by atoms with van der Waals surface area (Å²) < 4.78 is 5.39. The van der Waals surface area contributed by atoms with Crippen molar-refractivity contribution in [1.82, 2.24) is 10.2 Å². The number of anilines is 1. The second kappa shape index (κ2) is 8.81. The average Bonchev–Trinajstić information content (AvgIpc) is 2.43. The molecule has 0 spiro atoms. The van der Waals surface area contributed by atoms with Gasteiger partial charge in [0.15, 0.2) is 0 Å². The molecule has 5 nitrogen and oxygen atoms in total. The Kier molecular flexibility index (Phi) is 7.04. The maximum absolute atomic E-state index is 11.6. The summed E-state index contributed by atoms with van der Waals surface area (Å²) in [5.41, 5.74) is 7.27. The number of nitrogens with one attached hydrogen (secondary N) is 1. The summed E-state index contributed by atoms with van der Waals surface area (Å²) in [5, 5.41) is 2.80. The first-order chi connectivity index (χ1) is 10.0. The first-order valence-corrected chi connectivity index (χ1v) is 6.77. The zero-order chi connectivity index (χ0) is 15.7. The van der Waals surface area contributed by atoms with E-state index in [1.807, 2.05) is 25.1 Å². The Hall–Kier alpha value is -2.27. The van der Waals surface area contributed by atoms with Crippen LogP contribution in [0.15, 0.2) is 36.9 Å². The number of hydrogen-bond acceptors (Lipinski definition) is 4. The van der Waals surface area contributed by atoms with Crippen molar-refractivity contribution in [1.29, 1.82) is 0 Å². The Balaban J connectivity index is 2.54. The van der Waals surface area contributed by atoms with Crippen molar-refractivity contribution < 1.29 is 9.53 Å². The fourth-order valence-electron chi connectivity index (χ4n) is 1.58. The number of ether oxygens (including phenoxy) is 1. The second-order valence-corrected chi connectivity index (χ2v) is 4.82. The molecule has 3 N–H and O–H groups in total. The Morgan fingerprint density at radius 3 is 2.86 bits per heavy atom. The van der Waals surface area contributed by atoms with E-state index in [2.05, 4.69) is 11.9 Å². The van der Waals surface area contributed by atoms with Crippen molar-refractivity contribution in [3.8, 4) is 5.75 Å². The molecule has 0 aliphatic heterocycles. The number of hydrogen-bond donors (Lipinski definition) is 2. The number of benzene rings is 1. The van der Waals surface area contributed by atoms with Crippen LogP contribution in [-0.2, 0) is 4.79 Å². The van der Waals surface area contributed by atoms with Crippen LogP contribution in [0, 0.1) is 0 Å². The van der Waals surface area contributed by atoms with Gasteiger partial charge in [0.05, 0.1) is 5.69 Å². The van der Waals surface area contributed by atoms with Gasteiger partial charge in [-0.3, -0.25) is 4.79 Å². The van der Waals surface area contributed by atoms with Gasteiger partial charge in [-0.05, 0) is 37.9 Å². The molecule has 1 rings (SSSR count). The molecular formula is C16H23N3O2. The van der Waals surface area contributed by atoms with Gasteiger partial charge < -0.3 is 20.7 Å². The number of nitrogens with two attached hydrogens (primary N) is 1. The van der Waals surface area contributed by atoms with Crippen molar-refractivity contribution in [3.63, 3.8) is 0 Å². The highest BCUT2D eigenvalue weighted by Crippen LogP contribution is 2.23. The first kappa shape index (κ1) is 16.8. The van der Waals surface area contributed by atoms with Crippen LogP contribution in [0.3, 0.4) is 0 Å². The van der Waals surface area contributed by atoms with E-state index < -0.39 is 0 Å².